The van der Waals surface area contributed by atoms with E-state index in [1.807, 2.05) is 0 Å². The SMILES string of the molecule is CN1CCCC1CNC(=O)c1cc(F)c[nH]1. The van der Waals surface area contributed by atoms with Gasteiger partial charge in [-0.1, -0.05) is 0 Å². The number of rotatable bonds is 3. The molecule has 1 unspecified atom stereocenters. The Hall–Kier alpha value is -1.36. The number of H-pyrrole nitrogens is 1. The summed E-state index contributed by atoms with van der Waals surface area (Å²) in [6.45, 7) is 1.70. The van der Waals surface area contributed by atoms with Gasteiger partial charge in [0.2, 0.25) is 0 Å². The Bertz CT molecular complexity index is 377. The highest BCUT2D eigenvalue weighted by Gasteiger charge is 2.21. The average Bonchev–Trinajstić information content (AvgIpc) is 2.84. The summed E-state index contributed by atoms with van der Waals surface area (Å²) in [4.78, 5) is 16.4. The molecule has 4 nitrogen and oxygen atoms in total. The van der Waals surface area contributed by atoms with E-state index in [1.165, 1.54) is 18.7 Å². The molecular formula is C11H16FN3O. The van der Waals surface area contributed by atoms with Gasteiger partial charge < -0.3 is 15.2 Å². The van der Waals surface area contributed by atoms with E-state index < -0.39 is 5.82 Å². The lowest BCUT2D eigenvalue weighted by atomic mass is 10.2. The second-order valence-electron chi connectivity index (χ2n) is 4.22. The Morgan fingerprint density at radius 1 is 1.75 bits per heavy atom. The van der Waals surface area contributed by atoms with Crippen LogP contribution in [0.4, 0.5) is 4.39 Å². The quantitative estimate of drug-likeness (QED) is 0.805. The second kappa shape index (κ2) is 4.65. The Morgan fingerprint density at radius 3 is 3.12 bits per heavy atom. The van der Waals surface area contributed by atoms with E-state index in [9.17, 15) is 9.18 Å². The number of likely N-dealkylation sites (tertiary alicyclic amines) is 1. The van der Waals surface area contributed by atoms with Gasteiger partial charge in [-0.25, -0.2) is 4.39 Å². The van der Waals surface area contributed by atoms with Crippen LogP contribution in [0.2, 0.25) is 0 Å². The first-order valence-electron chi connectivity index (χ1n) is 5.49. The van der Waals surface area contributed by atoms with Crippen LogP contribution in [0.5, 0.6) is 0 Å². The molecule has 2 N–H and O–H groups in total. The highest BCUT2D eigenvalue weighted by molar-refractivity contribution is 5.92. The van der Waals surface area contributed by atoms with Crippen LogP contribution in [0.3, 0.4) is 0 Å². The first-order chi connectivity index (χ1) is 7.66. The van der Waals surface area contributed by atoms with Crippen molar-refractivity contribution in [3.05, 3.63) is 23.8 Å². The minimum absolute atomic E-state index is 0.246. The fourth-order valence-electron chi connectivity index (χ4n) is 2.04. The Kier molecular flexibility index (Phi) is 3.24. The molecule has 0 radical (unpaired) electrons. The molecule has 1 fully saturated rings. The lowest BCUT2D eigenvalue weighted by Crippen LogP contribution is -2.38. The maximum absolute atomic E-state index is 12.7. The van der Waals surface area contributed by atoms with E-state index >= 15 is 0 Å². The van der Waals surface area contributed by atoms with Gasteiger partial charge in [-0.3, -0.25) is 4.79 Å². The number of halogens is 1. The van der Waals surface area contributed by atoms with Gasteiger partial charge in [-0.05, 0) is 26.4 Å². The van der Waals surface area contributed by atoms with E-state index in [0.717, 1.165) is 13.0 Å². The summed E-state index contributed by atoms with van der Waals surface area (Å²) in [5.41, 5.74) is 0.276. The third kappa shape index (κ3) is 2.41. The van der Waals surface area contributed by atoms with Crippen molar-refractivity contribution in [2.75, 3.05) is 20.1 Å². The molecule has 1 saturated heterocycles. The highest BCUT2D eigenvalue weighted by Crippen LogP contribution is 2.13. The molecule has 0 saturated carbocycles. The van der Waals surface area contributed by atoms with Crippen LogP contribution in [-0.2, 0) is 0 Å². The third-order valence-electron chi connectivity index (χ3n) is 3.06. The minimum Gasteiger partial charge on any atom is -0.355 e. The summed E-state index contributed by atoms with van der Waals surface area (Å²) >= 11 is 0. The highest BCUT2D eigenvalue weighted by atomic mass is 19.1. The predicted molar refractivity (Wildman–Crippen MR) is 58.7 cm³/mol. The number of aromatic nitrogens is 1. The monoisotopic (exact) mass is 225 g/mol. The Balaban J connectivity index is 1.84. The first kappa shape index (κ1) is 11.1. The molecular weight excluding hydrogens is 209 g/mol. The summed E-state index contributed by atoms with van der Waals surface area (Å²) in [5, 5.41) is 2.81. The zero-order valence-electron chi connectivity index (χ0n) is 9.29. The van der Waals surface area contributed by atoms with Crippen molar-refractivity contribution in [2.45, 2.75) is 18.9 Å². The molecule has 1 aliphatic rings. The molecule has 0 bridgehead atoms. The van der Waals surface area contributed by atoms with Gasteiger partial charge in [0, 0.05) is 24.8 Å². The zero-order valence-corrected chi connectivity index (χ0v) is 9.29. The largest absolute Gasteiger partial charge is 0.355 e. The van der Waals surface area contributed by atoms with E-state index in [1.54, 1.807) is 0 Å². The normalized spacial score (nSPS) is 21.2. The van der Waals surface area contributed by atoms with Gasteiger partial charge in [0.05, 0.1) is 0 Å². The third-order valence-corrected chi connectivity index (χ3v) is 3.06. The lowest BCUT2D eigenvalue weighted by Gasteiger charge is -2.19. The predicted octanol–water partition coefficient (Wildman–Crippen LogP) is 0.978. The van der Waals surface area contributed by atoms with Crippen LogP contribution in [0, 0.1) is 5.82 Å². The van der Waals surface area contributed by atoms with Crippen LogP contribution in [-0.4, -0.2) is 42.0 Å². The van der Waals surface area contributed by atoms with Gasteiger partial charge >= 0.3 is 0 Å². The number of aromatic amines is 1. The number of nitrogens with one attached hydrogen (secondary N) is 2. The fraction of sp³-hybridized carbons (Fsp3) is 0.545. The van der Waals surface area contributed by atoms with Crippen LogP contribution in [0.15, 0.2) is 12.3 Å². The van der Waals surface area contributed by atoms with Gasteiger partial charge in [0.15, 0.2) is 0 Å². The standard InChI is InChI=1S/C11H16FN3O/c1-15-4-2-3-9(15)7-14-11(16)10-5-8(12)6-13-10/h5-6,9,13H,2-4,7H2,1H3,(H,14,16). The fourth-order valence-corrected chi connectivity index (χ4v) is 2.04. The molecule has 1 aromatic heterocycles. The number of nitrogens with zero attached hydrogens (tertiary/aromatic N) is 1. The zero-order chi connectivity index (χ0) is 11.5. The van der Waals surface area contributed by atoms with E-state index in [4.69, 9.17) is 0 Å². The van der Waals surface area contributed by atoms with Crippen molar-refractivity contribution in [1.82, 2.24) is 15.2 Å². The number of hydrogen-bond acceptors (Lipinski definition) is 2. The summed E-state index contributed by atoms with van der Waals surface area (Å²) in [6.07, 6.45) is 3.46. The van der Waals surface area contributed by atoms with Gasteiger partial charge in [0.1, 0.15) is 11.5 Å². The molecule has 0 aliphatic carbocycles. The number of carbonyl (C=O) groups is 1. The van der Waals surface area contributed by atoms with E-state index in [0.29, 0.717) is 12.6 Å². The van der Waals surface area contributed by atoms with E-state index in [2.05, 4.69) is 22.2 Å². The van der Waals surface area contributed by atoms with Crippen molar-refractivity contribution < 1.29 is 9.18 Å². The molecule has 16 heavy (non-hydrogen) atoms. The Labute approximate surface area is 93.8 Å². The van der Waals surface area contributed by atoms with Crippen molar-refractivity contribution in [2.24, 2.45) is 0 Å². The number of likely N-dealkylation sites (N-methyl/N-ethyl adjacent to an activating group) is 1. The molecule has 2 rings (SSSR count). The van der Waals surface area contributed by atoms with Gasteiger partial charge in [0.25, 0.3) is 5.91 Å². The first-order valence-corrected chi connectivity index (χ1v) is 5.49. The summed E-state index contributed by atoms with van der Waals surface area (Å²) in [5.74, 6) is -0.660. The summed E-state index contributed by atoms with van der Waals surface area (Å²) in [6, 6.07) is 1.61. The lowest BCUT2D eigenvalue weighted by molar-refractivity contribution is 0.0939. The molecule has 1 atom stereocenters. The molecule has 1 aliphatic heterocycles. The number of amides is 1. The van der Waals surface area contributed by atoms with Gasteiger partial charge in [-0.15, -0.1) is 0 Å². The molecule has 1 aromatic rings. The van der Waals surface area contributed by atoms with Crippen LogP contribution < -0.4 is 5.32 Å². The molecule has 2 heterocycles. The topological polar surface area (TPSA) is 48.1 Å². The smallest absolute Gasteiger partial charge is 0.267 e. The molecule has 0 spiro atoms. The van der Waals surface area contributed by atoms with Crippen molar-refractivity contribution >= 4 is 5.91 Å². The second-order valence-corrected chi connectivity index (χ2v) is 4.22. The number of hydrogen-bond donors (Lipinski definition) is 2. The number of carbonyl (C=O) groups excluding carboxylic acids is 1. The molecule has 88 valence electrons. The molecule has 1 amide bonds. The van der Waals surface area contributed by atoms with Crippen LogP contribution in [0.1, 0.15) is 23.3 Å². The van der Waals surface area contributed by atoms with Crippen molar-refractivity contribution in [1.29, 1.82) is 0 Å². The van der Waals surface area contributed by atoms with Crippen LogP contribution in [0.25, 0.3) is 0 Å². The average molecular weight is 225 g/mol. The van der Waals surface area contributed by atoms with Crippen molar-refractivity contribution in [3.8, 4) is 0 Å². The molecule has 0 aromatic carbocycles. The maximum Gasteiger partial charge on any atom is 0.267 e. The van der Waals surface area contributed by atoms with Gasteiger partial charge in [-0.2, -0.15) is 0 Å². The van der Waals surface area contributed by atoms with Crippen LogP contribution >= 0.6 is 0 Å². The summed E-state index contributed by atoms with van der Waals surface area (Å²) in [7, 11) is 2.05. The minimum atomic E-state index is -0.414. The Morgan fingerprint density at radius 2 is 2.56 bits per heavy atom. The molecule has 5 heteroatoms. The maximum atomic E-state index is 12.7. The van der Waals surface area contributed by atoms with E-state index in [-0.39, 0.29) is 11.6 Å². The van der Waals surface area contributed by atoms with Crippen molar-refractivity contribution in [3.63, 3.8) is 0 Å². The summed E-state index contributed by atoms with van der Waals surface area (Å²) < 4.78 is 12.7.